The van der Waals surface area contributed by atoms with Gasteiger partial charge in [0.15, 0.2) is 6.04 Å². The lowest BCUT2D eigenvalue weighted by Crippen LogP contribution is -3.19. The van der Waals surface area contributed by atoms with Gasteiger partial charge in [0.05, 0.1) is 38.5 Å². The second-order valence-corrected chi connectivity index (χ2v) is 7.22. The first-order valence-corrected chi connectivity index (χ1v) is 9.88. The molecule has 1 atom stereocenters. The summed E-state index contributed by atoms with van der Waals surface area (Å²) >= 11 is 0. The molecule has 1 fully saturated rings. The molecule has 0 aliphatic carbocycles. The van der Waals surface area contributed by atoms with Gasteiger partial charge in [0, 0.05) is 5.69 Å². The number of hydrogen-bond acceptors (Lipinski definition) is 3. The van der Waals surface area contributed by atoms with Crippen LogP contribution in [0.3, 0.4) is 0 Å². The quantitative estimate of drug-likeness (QED) is 0.801. The lowest BCUT2D eigenvalue weighted by molar-refractivity contribution is -0.914. The minimum absolute atomic E-state index is 0.0820. The molecule has 5 nitrogen and oxygen atoms in total. The molecule has 6 heteroatoms. The molecule has 1 amide bonds. The fraction of sp³-hybridized carbons (Fsp3) is 0.409. The average molecular weight is 386 g/mol. The van der Waals surface area contributed by atoms with Crippen LogP contribution < -0.4 is 19.9 Å². The maximum atomic E-state index is 13.7. The first-order chi connectivity index (χ1) is 13.5. The van der Waals surface area contributed by atoms with Gasteiger partial charge in [0.2, 0.25) is 0 Å². The van der Waals surface area contributed by atoms with Crippen LogP contribution in [0.2, 0.25) is 0 Å². The van der Waals surface area contributed by atoms with Crippen LogP contribution in [0.4, 0.5) is 15.8 Å². The van der Waals surface area contributed by atoms with Crippen molar-refractivity contribution in [3.8, 4) is 5.75 Å². The van der Waals surface area contributed by atoms with E-state index < -0.39 is 0 Å². The number of anilines is 2. The highest BCUT2D eigenvalue weighted by molar-refractivity contribution is 5.93. The highest BCUT2D eigenvalue weighted by Gasteiger charge is 2.30. The Morgan fingerprint density at radius 2 is 1.96 bits per heavy atom. The van der Waals surface area contributed by atoms with E-state index in [1.165, 1.54) is 11.0 Å². The summed E-state index contributed by atoms with van der Waals surface area (Å²) in [6.45, 7) is 9.69. The summed E-state index contributed by atoms with van der Waals surface area (Å²) in [5.74, 6) is 0.515. The molecule has 0 radical (unpaired) electrons. The molecule has 28 heavy (non-hydrogen) atoms. The molecular formula is C22H29FN3O2+. The normalized spacial score (nSPS) is 15.9. The molecule has 0 bridgehead atoms. The number of halogens is 1. The summed E-state index contributed by atoms with van der Waals surface area (Å²) in [6, 6.07) is 12.7. The van der Waals surface area contributed by atoms with Crippen LogP contribution in [-0.4, -0.2) is 44.7 Å². The Morgan fingerprint density at radius 1 is 1.25 bits per heavy atom. The van der Waals surface area contributed by atoms with Gasteiger partial charge < -0.3 is 19.9 Å². The van der Waals surface area contributed by atoms with Crippen LogP contribution in [0.1, 0.15) is 19.4 Å². The van der Waals surface area contributed by atoms with Gasteiger partial charge in [-0.15, -0.1) is 0 Å². The third kappa shape index (κ3) is 4.62. The van der Waals surface area contributed by atoms with Crippen LogP contribution in [0.15, 0.2) is 42.5 Å². The predicted octanol–water partition coefficient (Wildman–Crippen LogP) is 2.26. The van der Waals surface area contributed by atoms with Crippen molar-refractivity contribution in [2.75, 3.05) is 43.0 Å². The van der Waals surface area contributed by atoms with Crippen LogP contribution >= 0.6 is 0 Å². The van der Waals surface area contributed by atoms with E-state index in [-0.39, 0.29) is 17.8 Å². The molecule has 0 spiro atoms. The smallest absolute Gasteiger partial charge is 0.282 e. The minimum Gasteiger partial charge on any atom is -0.492 e. The summed E-state index contributed by atoms with van der Waals surface area (Å²) in [5, 5.41) is 2.84. The van der Waals surface area contributed by atoms with E-state index in [9.17, 15) is 9.18 Å². The number of ether oxygens (including phenoxy) is 1. The van der Waals surface area contributed by atoms with Crippen LogP contribution in [0.25, 0.3) is 0 Å². The highest BCUT2D eigenvalue weighted by atomic mass is 19.1. The maximum Gasteiger partial charge on any atom is 0.282 e. The van der Waals surface area contributed by atoms with Crippen molar-refractivity contribution >= 4 is 17.3 Å². The van der Waals surface area contributed by atoms with E-state index in [0.717, 1.165) is 37.6 Å². The van der Waals surface area contributed by atoms with E-state index in [2.05, 4.69) is 16.3 Å². The maximum absolute atomic E-state index is 13.7. The van der Waals surface area contributed by atoms with Crippen LogP contribution in [-0.2, 0) is 4.79 Å². The van der Waals surface area contributed by atoms with Gasteiger partial charge in [-0.2, -0.15) is 0 Å². The van der Waals surface area contributed by atoms with Crippen molar-refractivity contribution in [1.29, 1.82) is 0 Å². The summed E-state index contributed by atoms with van der Waals surface area (Å²) in [6.07, 6.45) is 0. The minimum atomic E-state index is -0.306. The molecule has 1 aliphatic rings. The van der Waals surface area contributed by atoms with Crippen molar-refractivity contribution in [2.24, 2.45) is 0 Å². The van der Waals surface area contributed by atoms with E-state index in [4.69, 9.17) is 4.74 Å². The van der Waals surface area contributed by atoms with Gasteiger partial charge in [-0.25, -0.2) is 4.39 Å². The van der Waals surface area contributed by atoms with Crippen LogP contribution in [0, 0.1) is 12.7 Å². The van der Waals surface area contributed by atoms with E-state index in [1.54, 1.807) is 19.1 Å². The third-order valence-electron chi connectivity index (χ3n) is 5.36. The Labute approximate surface area is 166 Å². The number of benzene rings is 2. The summed E-state index contributed by atoms with van der Waals surface area (Å²) in [7, 11) is 0. The molecule has 2 N–H and O–H groups in total. The van der Waals surface area contributed by atoms with E-state index >= 15 is 0 Å². The van der Waals surface area contributed by atoms with E-state index in [0.29, 0.717) is 17.9 Å². The van der Waals surface area contributed by atoms with Crippen molar-refractivity contribution in [3.05, 3.63) is 53.8 Å². The molecule has 1 saturated heterocycles. The molecule has 2 aromatic rings. The number of aryl methyl sites for hydroxylation is 1. The molecule has 0 aromatic heterocycles. The average Bonchev–Trinajstić information content (AvgIpc) is 2.71. The Kier molecular flexibility index (Phi) is 6.52. The fourth-order valence-corrected chi connectivity index (χ4v) is 3.57. The third-order valence-corrected chi connectivity index (χ3v) is 5.36. The van der Waals surface area contributed by atoms with Gasteiger partial charge in [0.1, 0.15) is 11.6 Å². The summed E-state index contributed by atoms with van der Waals surface area (Å²) in [4.78, 5) is 16.2. The van der Waals surface area contributed by atoms with E-state index in [1.807, 2.05) is 32.0 Å². The zero-order valence-electron chi connectivity index (χ0n) is 16.8. The van der Waals surface area contributed by atoms with Gasteiger partial charge in [-0.05, 0) is 50.6 Å². The second kappa shape index (κ2) is 9.06. The number of nitrogens with one attached hydrogen (secondary N) is 2. The Morgan fingerprint density at radius 3 is 2.64 bits per heavy atom. The Hall–Kier alpha value is -2.60. The monoisotopic (exact) mass is 386 g/mol. The zero-order chi connectivity index (χ0) is 20.1. The number of carbonyl (C=O) groups is 1. The van der Waals surface area contributed by atoms with Crippen molar-refractivity contribution < 1.29 is 18.8 Å². The number of amides is 1. The predicted molar refractivity (Wildman–Crippen MR) is 110 cm³/mol. The standard InChI is InChI=1S/C22H28FN3O2/c1-4-28-21-8-6-5-7-20(21)26-13-11-25(12-14-26)17(3)22(27)24-18-10-9-16(2)19(23)15-18/h5-10,15,17H,4,11-14H2,1-3H3,(H,24,27)/p+1/t17-/m1/s1. The zero-order valence-corrected chi connectivity index (χ0v) is 16.8. The highest BCUT2D eigenvalue weighted by Crippen LogP contribution is 2.27. The molecular weight excluding hydrogens is 357 g/mol. The van der Waals surface area contributed by atoms with Gasteiger partial charge in [-0.1, -0.05) is 18.2 Å². The van der Waals surface area contributed by atoms with Crippen LogP contribution in [0.5, 0.6) is 5.75 Å². The number of para-hydroxylation sites is 2. The first kappa shape index (κ1) is 20.1. The first-order valence-electron chi connectivity index (χ1n) is 9.88. The number of quaternary nitrogens is 1. The fourth-order valence-electron chi connectivity index (χ4n) is 3.57. The topological polar surface area (TPSA) is 46.0 Å². The van der Waals surface area contributed by atoms with Crippen molar-refractivity contribution in [1.82, 2.24) is 0 Å². The SMILES string of the molecule is CCOc1ccccc1N1CC[NH+]([C@H](C)C(=O)Nc2ccc(C)c(F)c2)CC1. The van der Waals surface area contributed by atoms with Crippen molar-refractivity contribution in [2.45, 2.75) is 26.8 Å². The second-order valence-electron chi connectivity index (χ2n) is 7.22. The summed E-state index contributed by atoms with van der Waals surface area (Å²) < 4.78 is 19.4. The number of carbonyl (C=O) groups excluding carboxylic acids is 1. The number of nitrogens with zero attached hydrogens (tertiary/aromatic N) is 1. The molecule has 3 rings (SSSR count). The Bertz CT molecular complexity index is 819. The van der Waals surface area contributed by atoms with Gasteiger partial charge >= 0.3 is 0 Å². The number of rotatable bonds is 6. The lowest BCUT2D eigenvalue weighted by Gasteiger charge is -2.36. The van der Waals surface area contributed by atoms with Gasteiger partial charge in [0.25, 0.3) is 5.91 Å². The van der Waals surface area contributed by atoms with Gasteiger partial charge in [-0.3, -0.25) is 4.79 Å². The lowest BCUT2D eigenvalue weighted by atomic mass is 10.1. The molecule has 0 saturated carbocycles. The molecule has 150 valence electrons. The molecule has 2 aromatic carbocycles. The Balaban J connectivity index is 1.58. The molecule has 1 heterocycles. The largest absolute Gasteiger partial charge is 0.492 e. The number of hydrogen-bond donors (Lipinski definition) is 2. The number of piperazine rings is 1. The molecule has 1 aliphatic heterocycles. The molecule has 0 unspecified atom stereocenters. The summed E-state index contributed by atoms with van der Waals surface area (Å²) in [5.41, 5.74) is 2.18. The van der Waals surface area contributed by atoms with Crippen molar-refractivity contribution in [3.63, 3.8) is 0 Å².